The fourth-order valence-corrected chi connectivity index (χ4v) is 4.25. The summed E-state index contributed by atoms with van der Waals surface area (Å²) in [5, 5.41) is 3.06. The zero-order valence-corrected chi connectivity index (χ0v) is 15.6. The van der Waals surface area contributed by atoms with Crippen LogP contribution in [0, 0.1) is 6.92 Å². The van der Waals surface area contributed by atoms with Crippen LogP contribution in [0.4, 0.5) is 16.2 Å². The predicted molar refractivity (Wildman–Crippen MR) is 101 cm³/mol. The maximum Gasteiger partial charge on any atom is 0.322 e. The lowest BCUT2D eigenvalue weighted by atomic mass is 10.1. The van der Waals surface area contributed by atoms with Crippen molar-refractivity contribution < 1.29 is 9.53 Å². The van der Waals surface area contributed by atoms with Crippen molar-refractivity contribution in [2.24, 2.45) is 0 Å². The van der Waals surface area contributed by atoms with E-state index >= 15 is 0 Å². The Morgan fingerprint density at radius 3 is 2.50 bits per heavy atom. The SMILES string of the molecule is Cc1cc(N2CCSCC2)ccc1NC(=O)N1C[C@@H](C)O[C@@H](C)C1. The molecule has 24 heavy (non-hydrogen) atoms. The van der Waals surface area contributed by atoms with E-state index in [1.54, 1.807) is 0 Å². The van der Waals surface area contributed by atoms with Gasteiger partial charge in [-0.1, -0.05) is 0 Å². The Labute approximate surface area is 148 Å². The van der Waals surface area contributed by atoms with Crippen LogP contribution in [-0.2, 0) is 4.74 Å². The number of hydrogen-bond donors (Lipinski definition) is 1. The van der Waals surface area contributed by atoms with E-state index in [4.69, 9.17) is 4.74 Å². The molecule has 2 saturated heterocycles. The number of morpholine rings is 1. The molecule has 0 aliphatic carbocycles. The summed E-state index contributed by atoms with van der Waals surface area (Å²) in [4.78, 5) is 16.8. The van der Waals surface area contributed by atoms with E-state index in [1.165, 1.54) is 17.2 Å². The van der Waals surface area contributed by atoms with Crippen LogP contribution in [0.3, 0.4) is 0 Å². The molecule has 0 aromatic heterocycles. The Morgan fingerprint density at radius 1 is 1.21 bits per heavy atom. The second-order valence-corrected chi connectivity index (χ2v) is 7.92. The van der Waals surface area contributed by atoms with Gasteiger partial charge in [-0.05, 0) is 44.5 Å². The van der Waals surface area contributed by atoms with Crippen LogP contribution in [0.1, 0.15) is 19.4 Å². The number of nitrogens with zero attached hydrogens (tertiary/aromatic N) is 2. The quantitative estimate of drug-likeness (QED) is 0.891. The van der Waals surface area contributed by atoms with E-state index in [0.29, 0.717) is 13.1 Å². The highest BCUT2D eigenvalue weighted by molar-refractivity contribution is 7.99. The van der Waals surface area contributed by atoms with E-state index in [9.17, 15) is 4.79 Å². The summed E-state index contributed by atoms with van der Waals surface area (Å²) in [6.07, 6.45) is 0.167. The highest BCUT2D eigenvalue weighted by atomic mass is 32.2. The summed E-state index contributed by atoms with van der Waals surface area (Å²) in [6.45, 7) is 9.54. The fraction of sp³-hybridized carbons (Fsp3) is 0.611. The molecule has 1 aromatic rings. The van der Waals surface area contributed by atoms with Crippen LogP contribution < -0.4 is 10.2 Å². The summed E-state index contributed by atoms with van der Waals surface area (Å²) in [5.74, 6) is 2.37. The third-order valence-electron chi connectivity index (χ3n) is 4.53. The molecule has 2 aliphatic rings. The lowest BCUT2D eigenvalue weighted by Gasteiger charge is -2.35. The highest BCUT2D eigenvalue weighted by Crippen LogP contribution is 2.25. The average Bonchev–Trinajstić information content (AvgIpc) is 2.56. The maximum absolute atomic E-state index is 12.5. The number of benzene rings is 1. The first-order valence-corrected chi connectivity index (χ1v) is 9.83. The smallest absolute Gasteiger partial charge is 0.322 e. The van der Waals surface area contributed by atoms with Crippen molar-refractivity contribution in [1.82, 2.24) is 4.90 Å². The molecule has 132 valence electrons. The molecule has 5 nitrogen and oxygen atoms in total. The molecule has 0 spiro atoms. The fourth-order valence-electron chi connectivity index (χ4n) is 3.34. The third-order valence-corrected chi connectivity index (χ3v) is 5.48. The normalized spacial score (nSPS) is 24.8. The predicted octanol–water partition coefficient (Wildman–Crippen LogP) is 3.19. The van der Waals surface area contributed by atoms with Crippen LogP contribution in [-0.4, -0.2) is 60.8 Å². The maximum atomic E-state index is 12.5. The Morgan fingerprint density at radius 2 is 1.88 bits per heavy atom. The molecule has 3 rings (SSSR count). The molecule has 2 amide bonds. The van der Waals surface area contributed by atoms with E-state index < -0.39 is 0 Å². The molecule has 2 aliphatic heterocycles. The minimum Gasteiger partial charge on any atom is -0.372 e. The van der Waals surface area contributed by atoms with E-state index in [0.717, 1.165) is 24.3 Å². The lowest BCUT2D eigenvalue weighted by molar-refractivity contribution is -0.0530. The highest BCUT2D eigenvalue weighted by Gasteiger charge is 2.26. The average molecular weight is 350 g/mol. The molecule has 0 bridgehead atoms. The minimum absolute atomic E-state index is 0.0396. The number of thioether (sulfide) groups is 1. The van der Waals surface area contributed by atoms with Gasteiger partial charge in [-0.25, -0.2) is 4.79 Å². The monoisotopic (exact) mass is 349 g/mol. The Kier molecular flexibility index (Phi) is 5.56. The first kappa shape index (κ1) is 17.4. The van der Waals surface area contributed by atoms with Gasteiger partial charge in [0, 0.05) is 49.1 Å². The van der Waals surface area contributed by atoms with Crippen LogP contribution in [0.5, 0.6) is 0 Å². The van der Waals surface area contributed by atoms with Crippen molar-refractivity contribution >= 4 is 29.2 Å². The summed E-state index contributed by atoms with van der Waals surface area (Å²) >= 11 is 2.01. The van der Waals surface area contributed by atoms with Crippen LogP contribution >= 0.6 is 11.8 Å². The zero-order chi connectivity index (χ0) is 17.1. The van der Waals surface area contributed by atoms with E-state index in [2.05, 4.69) is 29.3 Å². The number of aryl methyl sites for hydroxylation is 1. The molecule has 1 N–H and O–H groups in total. The number of ether oxygens (including phenoxy) is 1. The molecular weight excluding hydrogens is 322 g/mol. The van der Waals surface area contributed by atoms with Gasteiger partial charge in [-0.3, -0.25) is 0 Å². The van der Waals surface area contributed by atoms with Crippen molar-refractivity contribution in [3.8, 4) is 0 Å². The molecule has 1 aromatic carbocycles. The summed E-state index contributed by atoms with van der Waals surface area (Å²) < 4.78 is 5.69. The first-order valence-electron chi connectivity index (χ1n) is 8.67. The molecule has 2 fully saturated rings. The zero-order valence-electron chi connectivity index (χ0n) is 14.7. The van der Waals surface area contributed by atoms with Crippen LogP contribution in [0.15, 0.2) is 18.2 Å². The number of carbonyl (C=O) groups is 1. The summed E-state index contributed by atoms with van der Waals surface area (Å²) in [6, 6.07) is 6.28. The molecule has 2 atom stereocenters. The largest absolute Gasteiger partial charge is 0.372 e. The van der Waals surface area contributed by atoms with Crippen molar-refractivity contribution in [3.05, 3.63) is 23.8 Å². The van der Waals surface area contributed by atoms with Gasteiger partial charge in [-0.15, -0.1) is 0 Å². The number of rotatable bonds is 2. The standard InChI is InChI=1S/C18H27N3O2S/c1-13-10-16(20-6-8-24-9-7-20)4-5-17(13)19-18(22)21-11-14(2)23-15(3)12-21/h4-5,10,14-15H,6-9,11-12H2,1-3H3,(H,19,22)/t14-,15+. The van der Waals surface area contributed by atoms with Crippen LogP contribution in [0.2, 0.25) is 0 Å². The van der Waals surface area contributed by atoms with Gasteiger partial charge in [0.15, 0.2) is 0 Å². The molecule has 0 saturated carbocycles. The number of anilines is 2. The second kappa shape index (κ2) is 7.66. The van der Waals surface area contributed by atoms with Gasteiger partial charge in [0.05, 0.1) is 12.2 Å². The summed E-state index contributed by atoms with van der Waals surface area (Å²) in [7, 11) is 0. The van der Waals surface area contributed by atoms with Gasteiger partial charge in [0.2, 0.25) is 0 Å². The minimum atomic E-state index is -0.0396. The van der Waals surface area contributed by atoms with Gasteiger partial charge >= 0.3 is 6.03 Å². The first-order chi connectivity index (χ1) is 11.5. The summed E-state index contributed by atoms with van der Waals surface area (Å²) in [5.41, 5.74) is 3.25. The molecule has 2 heterocycles. The Hall–Kier alpha value is -1.40. The topological polar surface area (TPSA) is 44.8 Å². The van der Waals surface area contributed by atoms with E-state index in [1.807, 2.05) is 36.6 Å². The number of hydrogen-bond acceptors (Lipinski definition) is 4. The van der Waals surface area contributed by atoms with Crippen molar-refractivity contribution in [2.75, 3.05) is 47.9 Å². The third kappa shape index (κ3) is 4.16. The number of amides is 2. The van der Waals surface area contributed by atoms with E-state index in [-0.39, 0.29) is 18.2 Å². The van der Waals surface area contributed by atoms with Crippen molar-refractivity contribution in [3.63, 3.8) is 0 Å². The molecular formula is C18H27N3O2S. The van der Waals surface area contributed by atoms with Gasteiger partial charge in [0.25, 0.3) is 0 Å². The number of carbonyl (C=O) groups excluding carboxylic acids is 1. The van der Waals surface area contributed by atoms with Gasteiger partial charge < -0.3 is 19.9 Å². The van der Waals surface area contributed by atoms with Crippen molar-refractivity contribution in [2.45, 2.75) is 33.0 Å². The van der Waals surface area contributed by atoms with Crippen LogP contribution in [0.25, 0.3) is 0 Å². The lowest BCUT2D eigenvalue weighted by Crippen LogP contribution is -2.49. The van der Waals surface area contributed by atoms with Crippen molar-refractivity contribution in [1.29, 1.82) is 0 Å². The number of nitrogens with one attached hydrogen (secondary N) is 1. The molecule has 0 radical (unpaired) electrons. The van der Waals surface area contributed by atoms with Gasteiger partial charge in [0.1, 0.15) is 0 Å². The Balaban J connectivity index is 1.65. The molecule has 6 heteroatoms. The molecule has 0 unspecified atom stereocenters. The Bertz CT molecular complexity index is 580. The second-order valence-electron chi connectivity index (χ2n) is 6.69. The van der Waals surface area contributed by atoms with Gasteiger partial charge in [-0.2, -0.15) is 11.8 Å². The number of urea groups is 1.